The summed E-state index contributed by atoms with van der Waals surface area (Å²) in [6.45, 7) is 0.0616. The molecular formula is C20H23NO2. The van der Waals surface area contributed by atoms with E-state index in [0.29, 0.717) is 18.8 Å². The van der Waals surface area contributed by atoms with Crippen LogP contribution in [0.2, 0.25) is 0 Å². The molecular weight excluding hydrogens is 286 g/mol. The van der Waals surface area contributed by atoms with Gasteiger partial charge in [0.2, 0.25) is 5.91 Å². The van der Waals surface area contributed by atoms with Crippen LogP contribution in [-0.4, -0.2) is 17.6 Å². The van der Waals surface area contributed by atoms with Crippen molar-refractivity contribution in [1.29, 1.82) is 0 Å². The van der Waals surface area contributed by atoms with Crippen LogP contribution in [0.5, 0.6) is 0 Å². The second kappa shape index (κ2) is 7.42. The van der Waals surface area contributed by atoms with E-state index >= 15 is 0 Å². The molecule has 3 nitrogen and oxygen atoms in total. The number of aliphatic hydroxyl groups excluding tert-OH is 1. The zero-order valence-electron chi connectivity index (χ0n) is 13.2. The van der Waals surface area contributed by atoms with E-state index in [1.165, 1.54) is 11.1 Å². The van der Waals surface area contributed by atoms with Gasteiger partial charge in [-0.15, -0.1) is 0 Å². The minimum atomic E-state index is -0.120. The van der Waals surface area contributed by atoms with Gasteiger partial charge in [0.15, 0.2) is 0 Å². The SMILES string of the molecule is O=C(CC1CCc2ccccc21)NC(CCO)c1ccccc1. The van der Waals surface area contributed by atoms with Gasteiger partial charge in [0, 0.05) is 13.0 Å². The Balaban J connectivity index is 1.64. The van der Waals surface area contributed by atoms with Crippen LogP contribution >= 0.6 is 0 Å². The van der Waals surface area contributed by atoms with Crippen molar-refractivity contribution in [1.82, 2.24) is 5.32 Å². The van der Waals surface area contributed by atoms with Crippen LogP contribution < -0.4 is 5.32 Å². The minimum Gasteiger partial charge on any atom is -0.396 e. The molecule has 0 heterocycles. The quantitative estimate of drug-likeness (QED) is 0.860. The molecule has 1 aliphatic carbocycles. The average molecular weight is 309 g/mol. The molecule has 1 aliphatic rings. The number of aryl methyl sites for hydroxylation is 1. The standard InChI is InChI=1S/C20H23NO2/c22-13-12-19(16-7-2-1-3-8-16)21-20(23)14-17-11-10-15-6-4-5-9-18(15)17/h1-9,17,19,22H,10-14H2,(H,21,23). The van der Waals surface area contributed by atoms with Gasteiger partial charge in [-0.05, 0) is 41.9 Å². The molecule has 2 N–H and O–H groups in total. The fraction of sp³-hybridized carbons (Fsp3) is 0.350. The highest BCUT2D eigenvalue weighted by Crippen LogP contribution is 2.35. The van der Waals surface area contributed by atoms with Crippen molar-refractivity contribution in [3.63, 3.8) is 0 Å². The molecule has 0 aliphatic heterocycles. The maximum Gasteiger partial charge on any atom is 0.221 e. The lowest BCUT2D eigenvalue weighted by Crippen LogP contribution is -2.30. The van der Waals surface area contributed by atoms with Gasteiger partial charge >= 0.3 is 0 Å². The number of hydrogen-bond donors (Lipinski definition) is 2. The van der Waals surface area contributed by atoms with Crippen molar-refractivity contribution in [2.24, 2.45) is 0 Å². The van der Waals surface area contributed by atoms with Crippen molar-refractivity contribution in [2.75, 3.05) is 6.61 Å². The van der Waals surface area contributed by atoms with E-state index in [2.05, 4.69) is 23.5 Å². The number of benzene rings is 2. The Morgan fingerprint density at radius 1 is 1.13 bits per heavy atom. The zero-order chi connectivity index (χ0) is 16.1. The Kier molecular flexibility index (Phi) is 5.09. The second-order valence-electron chi connectivity index (χ2n) is 6.18. The van der Waals surface area contributed by atoms with Gasteiger partial charge in [-0.25, -0.2) is 0 Å². The van der Waals surface area contributed by atoms with Crippen LogP contribution in [0.15, 0.2) is 54.6 Å². The van der Waals surface area contributed by atoms with Gasteiger partial charge in [-0.3, -0.25) is 4.79 Å². The van der Waals surface area contributed by atoms with Crippen LogP contribution in [-0.2, 0) is 11.2 Å². The fourth-order valence-electron chi connectivity index (χ4n) is 3.47. The molecule has 2 unspecified atom stereocenters. The first-order valence-corrected chi connectivity index (χ1v) is 8.31. The highest BCUT2D eigenvalue weighted by atomic mass is 16.3. The van der Waals surface area contributed by atoms with Gasteiger partial charge in [0.05, 0.1) is 6.04 Å². The first kappa shape index (κ1) is 15.8. The number of nitrogens with one attached hydrogen (secondary N) is 1. The minimum absolute atomic E-state index is 0.0616. The Morgan fingerprint density at radius 3 is 2.65 bits per heavy atom. The van der Waals surface area contributed by atoms with Crippen LogP contribution in [0, 0.1) is 0 Å². The number of rotatable bonds is 6. The van der Waals surface area contributed by atoms with E-state index in [4.69, 9.17) is 0 Å². The summed E-state index contributed by atoms with van der Waals surface area (Å²) in [4.78, 5) is 12.5. The van der Waals surface area contributed by atoms with E-state index in [9.17, 15) is 9.90 Å². The summed E-state index contributed by atoms with van der Waals surface area (Å²) in [5.74, 6) is 0.380. The van der Waals surface area contributed by atoms with E-state index in [1.54, 1.807) is 0 Å². The van der Waals surface area contributed by atoms with Crippen LogP contribution in [0.25, 0.3) is 0 Å². The number of carbonyl (C=O) groups excluding carboxylic acids is 1. The van der Waals surface area contributed by atoms with Crippen LogP contribution in [0.4, 0.5) is 0 Å². The van der Waals surface area contributed by atoms with E-state index in [-0.39, 0.29) is 18.6 Å². The Bertz CT molecular complexity index is 654. The molecule has 23 heavy (non-hydrogen) atoms. The van der Waals surface area contributed by atoms with Crippen molar-refractivity contribution < 1.29 is 9.90 Å². The third kappa shape index (κ3) is 3.80. The van der Waals surface area contributed by atoms with Gasteiger partial charge in [-0.1, -0.05) is 54.6 Å². The third-order valence-electron chi connectivity index (χ3n) is 4.64. The van der Waals surface area contributed by atoms with Gasteiger partial charge < -0.3 is 10.4 Å². The van der Waals surface area contributed by atoms with Gasteiger partial charge in [0.25, 0.3) is 0 Å². The molecule has 0 spiro atoms. The summed E-state index contributed by atoms with van der Waals surface area (Å²) in [5, 5.41) is 12.4. The molecule has 2 aromatic rings. The summed E-state index contributed by atoms with van der Waals surface area (Å²) in [6, 6.07) is 18.1. The molecule has 0 fully saturated rings. The lowest BCUT2D eigenvalue weighted by atomic mass is 9.96. The first-order chi connectivity index (χ1) is 11.3. The maximum atomic E-state index is 12.5. The lowest BCUT2D eigenvalue weighted by molar-refractivity contribution is -0.122. The van der Waals surface area contributed by atoms with Crippen molar-refractivity contribution in [2.45, 2.75) is 37.6 Å². The maximum absolute atomic E-state index is 12.5. The number of carbonyl (C=O) groups is 1. The van der Waals surface area contributed by atoms with Crippen molar-refractivity contribution >= 4 is 5.91 Å². The highest BCUT2D eigenvalue weighted by molar-refractivity contribution is 5.77. The molecule has 2 aromatic carbocycles. The van der Waals surface area contributed by atoms with E-state index < -0.39 is 0 Å². The molecule has 0 bridgehead atoms. The molecule has 0 saturated carbocycles. The van der Waals surface area contributed by atoms with Crippen LogP contribution in [0.1, 0.15) is 47.9 Å². The van der Waals surface area contributed by atoms with Crippen molar-refractivity contribution in [3.8, 4) is 0 Å². The molecule has 120 valence electrons. The summed E-state index contributed by atoms with van der Waals surface area (Å²) >= 11 is 0. The summed E-state index contributed by atoms with van der Waals surface area (Å²) in [7, 11) is 0. The number of amides is 1. The zero-order valence-corrected chi connectivity index (χ0v) is 13.2. The molecule has 3 rings (SSSR count). The molecule has 0 saturated heterocycles. The molecule has 3 heteroatoms. The smallest absolute Gasteiger partial charge is 0.221 e. The summed E-state index contributed by atoms with van der Waals surface area (Å²) < 4.78 is 0. The summed E-state index contributed by atoms with van der Waals surface area (Å²) in [6.07, 6.45) is 3.17. The van der Waals surface area contributed by atoms with Gasteiger partial charge in [0.1, 0.15) is 0 Å². The predicted molar refractivity (Wildman–Crippen MR) is 91.1 cm³/mol. The normalized spacial score (nSPS) is 17.5. The monoisotopic (exact) mass is 309 g/mol. The molecule has 0 radical (unpaired) electrons. The Labute approximate surface area is 137 Å². The van der Waals surface area contributed by atoms with Gasteiger partial charge in [-0.2, -0.15) is 0 Å². The fourth-order valence-corrected chi connectivity index (χ4v) is 3.47. The van der Waals surface area contributed by atoms with Crippen molar-refractivity contribution in [3.05, 3.63) is 71.3 Å². The second-order valence-corrected chi connectivity index (χ2v) is 6.18. The molecule has 0 aromatic heterocycles. The highest BCUT2D eigenvalue weighted by Gasteiger charge is 2.25. The lowest BCUT2D eigenvalue weighted by Gasteiger charge is -2.20. The predicted octanol–water partition coefficient (Wildman–Crippen LogP) is 3.35. The van der Waals surface area contributed by atoms with Crippen LogP contribution in [0.3, 0.4) is 0 Å². The summed E-state index contributed by atoms with van der Waals surface area (Å²) in [5.41, 5.74) is 3.74. The topological polar surface area (TPSA) is 49.3 Å². The molecule has 1 amide bonds. The largest absolute Gasteiger partial charge is 0.396 e. The number of fused-ring (bicyclic) bond motifs is 1. The Hall–Kier alpha value is -2.13. The average Bonchev–Trinajstić information content (AvgIpc) is 2.98. The third-order valence-corrected chi connectivity index (χ3v) is 4.64. The first-order valence-electron chi connectivity index (χ1n) is 8.31. The number of hydrogen-bond acceptors (Lipinski definition) is 2. The van der Waals surface area contributed by atoms with E-state index in [1.807, 2.05) is 36.4 Å². The Morgan fingerprint density at radius 2 is 1.87 bits per heavy atom. The van der Waals surface area contributed by atoms with E-state index in [0.717, 1.165) is 18.4 Å². The number of aliphatic hydroxyl groups is 1. The molecule has 2 atom stereocenters.